The van der Waals surface area contributed by atoms with Crippen molar-refractivity contribution >= 4 is 29.0 Å². The summed E-state index contributed by atoms with van der Waals surface area (Å²) >= 11 is 3.06. The Labute approximate surface area is 190 Å². The van der Waals surface area contributed by atoms with Gasteiger partial charge in [0.25, 0.3) is 0 Å². The number of thiophene rings is 1. The van der Waals surface area contributed by atoms with Gasteiger partial charge in [-0.25, -0.2) is 0 Å². The number of ether oxygens (including phenoxy) is 1. The van der Waals surface area contributed by atoms with Crippen molar-refractivity contribution in [2.75, 3.05) is 32.0 Å². The van der Waals surface area contributed by atoms with Gasteiger partial charge in [-0.1, -0.05) is 48.2 Å². The zero-order chi connectivity index (χ0) is 21.5. The van der Waals surface area contributed by atoms with E-state index in [0.717, 1.165) is 42.0 Å². The summed E-state index contributed by atoms with van der Waals surface area (Å²) in [4.78, 5) is 15.9. The number of rotatable bonds is 9. The molecular formula is C22H27N5O2S2. The van der Waals surface area contributed by atoms with Gasteiger partial charge < -0.3 is 14.6 Å². The number of benzene rings is 1. The zero-order valence-electron chi connectivity index (χ0n) is 17.6. The van der Waals surface area contributed by atoms with Crippen molar-refractivity contribution < 1.29 is 9.53 Å². The molecule has 1 atom stereocenters. The van der Waals surface area contributed by atoms with Crippen LogP contribution >= 0.6 is 23.1 Å². The van der Waals surface area contributed by atoms with Crippen LogP contribution in [0.25, 0.3) is 10.7 Å². The smallest absolute Gasteiger partial charge is 0.230 e. The molecule has 0 aliphatic carbocycles. The fraction of sp³-hybridized carbons (Fsp3) is 0.409. The molecule has 3 aromatic rings. The van der Waals surface area contributed by atoms with Crippen LogP contribution in [0.2, 0.25) is 0 Å². The number of thioether (sulfide) groups is 1. The van der Waals surface area contributed by atoms with E-state index in [0.29, 0.717) is 18.9 Å². The molecule has 31 heavy (non-hydrogen) atoms. The average Bonchev–Trinajstić information content (AvgIpc) is 3.46. The Morgan fingerprint density at radius 2 is 2.13 bits per heavy atom. The molecule has 9 heteroatoms. The first-order chi connectivity index (χ1) is 15.2. The summed E-state index contributed by atoms with van der Waals surface area (Å²) in [6, 6.07) is 14.5. The van der Waals surface area contributed by atoms with Crippen molar-refractivity contribution in [3.05, 3.63) is 53.4 Å². The third-order valence-electron chi connectivity index (χ3n) is 5.11. The fourth-order valence-corrected chi connectivity index (χ4v) is 5.12. The quantitative estimate of drug-likeness (QED) is 0.498. The van der Waals surface area contributed by atoms with Crippen LogP contribution in [0.1, 0.15) is 12.5 Å². The molecular weight excluding hydrogens is 430 g/mol. The third-order valence-corrected chi connectivity index (χ3v) is 6.94. The molecule has 4 rings (SSSR count). The Hall–Kier alpha value is -2.20. The molecule has 1 aromatic carbocycles. The summed E-state index contributed by atoms with van der Waals surface area (Å²) < 4.78 is 7.90. The minimum absolute atomic E-state index is 0.0103. The summed E-state index contributed by atoms with van der Waals surface area (Å²) in [7, 11) is 0. The van der Waals surface area contributed by atoms with Crippen LogP contribution in [-0.2, 0) is 22.6 Å². The standard InChI is InChI=1S/C22H27N5O2S2/c1-2-27-21(19-9-6-12-30-19)24-25-22(27)31-16-20(28)23-13-18-15-26(10-11-29-18)14-17-7-4-3-5-8-17/h3-9,12,18H,2,10-11,13-16H2,1H3,(H,23,28). The van der Waals surface area contributed by atoms with Gasteiger partial charge in [-0.3, -0.25) is 9.69 Å². The maximum atomic E-state index is 12.4. The molecule has 1 fully saturated rings. The van der Waals surface area contributed by atoms with E-state index in [9.17, 15) is 4.79 Å². The van der Waals surface area contributed by atoms with Crippen molar-refractivity contribution in [2.24, 2.45) is 0 Å². The van der Waals surface area contributed by atoms with Crippen molar-refractivity contribution in [3.63, 3.8) is 0 Å². The number of nitrogens with one attached hydrogen (secondary N) is 1. The normalized spacial score (nSPS) is 17.0. The van der Waals surface area contributed by atoms with Crippen LogP contribution in [0.15, 0.2) is 53.0 Å². The summed E-state index contributed by atoms with van der Waals surface area (Å²) in [5, 5.41) is 14.4. The van der Waals surface area contributed by atoms with Gasteiger partial charge in [-0.2, -0.15) is 0 Å². The lowest BCUT2D eigenvalue weighted by Crippen LogP contribution is -2.47. The highest BCUT2D eigenvalue weighted by atomic mass is 32.2. The molecule has 1 N–H and O–H groups in total. The third kappa shape index (κ3) is 5.94. The summed E-state index contributed by atoms with van der Waals surface area (Å²) in [5.74, 6) is 1.15. The van der Waals surface area contributed by atoms with E-state index in [-0.39, 0.29) is 12.0 Å². The molecule has 1 saturated heterocycles. The number of hydrogen-bond acceptors (Lipinski definition) is 7. The van der Waals surface area contributed by atoms with Crippen LogP contribution in [0, 0.1) is 0 Å². The van der Waals surface area contributed by atoms with Crippen LogP contribution in [-0.4, -0.2) is 63.7 Å². The van der Waals surface area contributed by atoms with Crippen molar-refractivity contribution in [1.82, 2.24) is 25.0 Å². The second-order valence-electron chi connectivity index (χ2n) is 7.33. The monoisotopic (exact) mass is 457 g/mol. The molecule has 1 amide bonds. The van der Waals surface area contributed by atoms with E-state index in [2.05, 4.69) is 56.2 Å². The number of nitrogens with zero attached hydrogens (tertiary/aromatic N) is 4. The SMILES string of the molecule is CCn1c(SCC(=O)NCC2CN(Cc3ccccc3)CCO2)nnc1-c1cccs1. The van der Waals surface area contributed by atoms with Gasteiger partial charge in [0, 0.05) is 32.7 Å². The minimum Gasteiger partial charge on any atom is -0.374 e. The number of amides is 1. The molecule has 0 spiro atoms. The van der Waals surface area contributed by atoms with E-state index >= 15 is 0 Å². The predicted octanol–water partition coefficient (Wildman–Crippen LogP) is 3.14. The first-order valence-corrected chi connectivity index (χ1v) is 12.3. The van der Waals surface area contributed by atoms with E-state index in [1.165, 1.54) is 17.3 Å². The van der Waals surface area contributed by atoms with Gasteiger partial charge >= 0.3 is 0 Å². The number of hydrogen-bond donors (Lipinski definition) is 1. The molecule has 1 unspecified atom stereocenters. The van der Waals surface area contributed by atoms with Gasteiger partial charge in [0.1, 0.15) is 0 Å². The maximum absolute atomic E-state index is 12.4. The predicted molar refractivity (Wildman–Crippen MR) is 124 cm³/mol. The number of carbonyl (C=O) groups is 1. The van der Waals surface area contributed by atoms with Crippen LogP contribution in [0.5, 0.6) is 0 Å². The Morgan fingerprint density at radius 1 is 1.26 bits per heavy atom. The highest BCUT2D eigenvalue weighted by molar-refractivity contribution is 7.99. The largest absolute Gasteiger partial charge is 0.374 e. The number of carbonyl (C=O) groups excluding carboxylic acids is 1. The molecule has 2 aromatic heterocycles. The maximum Gasteiger partial charge on any atom is 0.230 e. The van der Waals surface area contributed by atoms with E-state index in [4.69, 9.17) is 4.74 Å². The molecule has 3 heterocycles. The molecule has 0 saturated carbocycles. The first-order valence-electron chi connectivity index (χ1n) is 10.5. The highest BCUT2D eigenvalue weighted by Crippen LogP contribution is 2.27. The van der Waals surface area contributed by atoms with Crippen molar-refractivity contribution in [3.8, 4) is 10.7 Å². The van der Waals surface area contributed by atoms with E-state index in [1.54, 1.807) is 11.3 Å². The van der Waals surface area contributed by atoms with Gasteiger partial charge in [0.2, 0.25) is 5.91 Å². The van der Waals surface area contributed by atoms with Gasteiger partial charge in [0.15, 0.2) is 11.0 Å². The number of morpholine rings is 1. The molecule has 164 valence electrons. The summed E-state index contributed by atoms with van der Waals surface area (Å²) in [6.45, 7) is 6.66. The molecule has 7 nitrogen and oxygen atoms in total. The average molecular weight is 458 g/mol. The summed E-state index contributed by atoms with van der Waals surface area (Å²) in [5.41, 5.74) is 1.30. The molecule has 1 aliphatic heterocycles. The zero-order valence-corrected chi connectivity index (χ0v) is 19.2. The van der Waals surface area contributed by atoms with E-state index in [1.807, 2.05) is 23.6 Å². The van der Waals surface area contributed by atoms with Crippen molar-refractivity contribution in [1.29, 1.82) is 0 Å². The Morgan fingerprint density at radius 3 is 2.90 bits per heavy atom. The Bertz CT molecular complexity index is 962. The lowest BCUT2D eigenvalue weighted by atomic mass is 10.2. The van der Waals surface area contributed by atoms with Crippen LogP contribution in [0.3, 0.4) is 0 Å². The highest BCUT2D eigenvalue weighted by Gasteiger charge is 2.21. The summed E-state index contributed by atoms with van der Waals surface area (Å²) in [6.07, 6.45) is 0.0103. The molecule has 0 bridgehead atoms. The second kappa shape index (κ2) is 10.9. The second-order valence-corrected chi connectivity index (χ2v) is 9.22. The lowest BCUT2D eigenvalue weighted by molar-refractivity contribution is -0.119. The molecule has 0 radical (unpaired) electrons. The lowest BCUT2D eigenvalue weighted by Gasteiger charge is -2.33. The molecule has 1 aliphatic rings. The Balaban J connectivity index is 1.23. The van der Waals surface area contributed by atoms with Crippen LogP contribution in [0.4, 0.5) is 0 Å². The van der Waals surface area contributed by atoms with Crippen LogP contribution < -0.4 is 5.32 Å². The van der Waals surface area contributed by atoms with Gasteiger partial charge in [-0.05, 0) is 23.9 Å². The van der Waals surface area contributed by atoms with E-state index < -0.39 is 0 Å². The first kappa shape index (κ1) is 22.0. The van der Waals surface area contributed by atoms with Gasteiger partial charge in [0.05, 0.1) is 23.3 Å². The van der Waals surface area contributed by atoms with Crippen molar-refractivity contribution in [2.45, 2.75) is 31.3 Å². The topological polar surface area (TPSA) is 72.3 Å². The number of aromatic nitrogens is 3. The minimum atomic E-state index is -0.0166. The fourth-order valence-electron chi connectivity index (χ4n) is 3.57. The Kier molecular flexibility index (Phi) is 7.74. The van der Waals surface area contributed by atoms with Gasteiger partial charge in [-0.15, -0.1) is 21.5 Å².